The Labute approximate surface area is 140 Å². The quantitative estimate of drug-likeness (QED) is 0.785. The normalized spacial score (nSPS) is 10.2. The molecule has 0 aliphatic rings. The second-order valence-corrected chi connectivity index (χ2v) is 5.20. The molecule has 3 rings (SSSR count). The zero-order valence-electron chi connectivity index (χ0n) is 13.3. The highest BCUT2D eigenvalue weighted by Crippen LogP contribution is 2.16. The number of ether oxygens (including phenoxy) is 1. The maximum Gasteiger partial charge on any atom is 0.251 e. The topological polar surface area (TPSA) is 64.1 Å². The van der Waals surface area contributed by atoms with E-state index >= 15 is 0 Å². The minimum atomic E-state index is -0.125. The molecule has 0 unspecified atom stereocenters. The molecule has 0 bridgehead atoms. The first-order valence-electron chi connectivity index (χ1n) is 7.54. The summed E-state index contributed by atoms with van der Waals surface area (Å²) in [6.07, 6.45) is 5.20. The summed E-state index contributed by atoms with van der Waals surface area (Å²) in [7, 11) is 1.60. The van der Waals surface area contributed by atoms with Crippen molar-refractivity contribution < 1.29 is 9.53 Å². The fourth-order valence-corrected chi connectivity index (χ4v) is 2.29. The van der Waals surface area contributed by atoms with Crippen LogP contribution in [-0.2, 0) is 6.54 Å². The molecule has 0 aliphatic heterocycles. The predicted octanol–water partition coefficient (Wildman–Crippen LogP) is 3.08. The van der Waals surface area contributed by atoms with E-state index in [2.05, 4.69) is 15.3 Å². The maximum atomic E-state index is 12.2. The van der Waals surface area contributed by atoms with Crippen LogP contribution >= 0.6 is 0 Å². The third-order valence-electron chi connectivity index (χ3n) is 3.61. The highest BCUT2D eigenvalue weighted by Gasteiger charge is 2.06. The molecular weight excluding hydrogens is 302 g/mol. The largest absolute Gasteiger partial charge is 0.497 e. The first-order chi connectivity index (χ1) is 11.8. The maximum absolute atomic E-state index is 12.2. The summed E-state index contributed by atoms with van der Waals surface area (Å²) in [5, 5.41) is 2.91. The van der Waals surface area contributed by atoms with Gasteiger partial charge in [-0.2, -0.15) is 0 Å². The van der Waals surface area contributed by atoms with Gasteiger partial charge in [-0.05, 0) is 54.1 Å². The molecule has 5 heteroatoms. The summed E-state index contributed by atoms with van der Waals surface area (Å²) in [4.78, 5) is 20.6. The van der Waals surface area contributed by atoms with Crippen molar-refractivity contribution in [2.75, 3.05) is 7.11 Å². The van der Waals surface area contributed by atoms with Crippen molar-refractivity contribution in [1.29, 1.82) is 0 Å². The number of rotatable bonds is 5. The van der Waals surface area contributed by atoms with Gasteiger partial charge in [-0.15, -0.1) is 0 Å². The number of carbonyl (C=O) groups is 1. The van der Waals surface area contributed by atoms with Gasteiger partial charge in [-0.3, -0.25) is 14.8 Å². The molecule has 0 fully saturated rings. The van der Waals surface area contributed by atoms with Crippen LogP contribution < -0.4 is 10.1 Å². The van der Waals surface area contributed by atoms with Crippen molar-refractivity contribution in [1.82, 2.24) is 15.3 Å². The Morgan fingerprint density at radius 2 is 1.79 bits per heavy atom. The average molecular weight is 319 g/mol. The van der Waals surface area contributed by atoms with Crippen molar-refractivity contribution in [3.05, 3.63) is 78.2 Å². The number of nitrogens with one attached hydrogen (secondary N) is 1. The lowest BCUT2D eigenvalue weighted by Gasteiger charge is -2.08. The molecule has 1 aromatic carbocycles. The molecule has 0 radical (unpaired) electrons. The van der Waals surface area contributed by atoms with Crippen molar-refractivity contribution in [3.8, 4) is 17.0 Å². The number of amides is 1. The van der Waals surface area contributed by atoms with Crippen molar-refractivity contribution in [3.63, 3.8) is 0 Å². The number of pyridine rings is 2. The standard InChI is InChI=1S/C19H17N3O2/c1-24-17-4-2-16(3-5-17)19(23)22-13-14-6-11-21-18(12-14)15-7-9-20-10-8-15/h2-12H,13H2,1H3,(H,22,23). The summed E-state index contributed by atoms with van der Waals surface area (Å²) in [6.45, 7) is 0.436. The van der Waals surface area contributed by atoms with Crippen LogP contribution in [0.15, 0.2) is 67.1 Å². The molecule has 0 spiro atoms. The Morgan fingerprint density at radius 1 is 1.04 bits per heavy atom. The summed E-state index contributed by atoms with van der Waals surface area (Å²) >= 11 is 0. The molecule has 0 atom stereocenters. The molecule has 3 aromatic rings. The van der Waals surface area contributed by atoms with E-state index in [1.54, 1.807) is 50.0 Å². The van der Waals surface area contributed by atoms with E-state index in [9.17, 15) is 4.79 Å². The number of hydrogen-bond donors (Lipinski definition) is 1. The number of aromatic nitrogens is 2. The molecule has 24 heavy (non-hydrogen) atoms. The molecule has 2 heterocycles. The lowest BCUT2D eigenvalue weighted by molar-refractivity contribution is 0.0951. The van der Waals surface area contributed by atoms with Crippen LogP contribution in [0.1, 0.15) is 15.9 Å². The van der Waals surface area contributed by atoms with Crippen LogP contribution in [0, 0.1) is 0 Å². The zero-order chi connectivity index (χ0) is 16.8. The first kappa shape index (κ1) is 15.7. The number of carbonyl (C=O) groups excluding carboxylic acids is 1. The Bertz CT molecular complexity index is 818. The summed E-state index contributed by atoms with van der Waals surface area (Å²) in [6, 6.07) is 14.7. The molecular formula is C19H17N3O2. The van der Waals surface area contributed by atoms with Gasteiger partial charge >= 0.3 is 0 Å². The van der Waals surface area contributed by atoms with E-state index in [0.29, 0.717) is 12.1 Å². The fraction of sp³-hybridized carbons (Fsp3) is 0.105. The third kappa shape index (κ3) is 3.76. The van der Waals surface area contributed by atoms with Crippen molar-refractivity contribution in [2.45, 2.75) is 6.54 Å². The lowest BCUT2D eigenvalue weighted by atomic mass is 10.1. The van der Waals surface area contributed by atoms with E-state index in [1.807, 2.05) is 24.3 Å². The Morgan fingerprint density at radius 3 is 2.50 bits per heavy atom. The van der Waals surface area contributed by atoms with E-state index < -0.39 is 0 Å². The second-order valence-electron chi connectivity index (χ2n) is 5.20. The van der Waals surface area contributed by atoms with Crippen LogP contribution in [0.3, 0.4) is 0 Å². The van der Waals surface area contributed by atoms with E-state index in [-0.39, 0.29) is 5.91 Å². The summed E-state index contributed by atoms with van der Waals surface area (Å²) in [5.41, 5.74) is 3.43. The summed E-state index contributed by atoms with van der Waals surface area (Å²) < 4.78 is 5.09. The molecule has 1 amide bonds. The number of benzene rings is 1. The SMILES string of the molecule is COc1ccc(C(=O)NCc2ccnc(-c3ccncc3)c2)cc1. The van der Waals surface area contributed by atoms with E-state index in [0.717, 1.165) is 22.6 Å². The first-order valence-corrected chi connectivity index (χ1v) is 7.54. The molecule has 0 saturated heterocycles. The van der Waals surface area contributed by atoms with Gasteiger partial charge in [0.25, 0.3) is 5.91 Å². The number of methoxy groups -OCH3 is 1. The zero-order valence-corrected chi connectivity index (χ0v) is 13.3. The van der Waals surface area contributed by atoms with Crippen molar-refractivity contribution >= 4 is 5.91 Å². The van der Waals surface area contributed by atoms with Gasteiger partial charge in [0, 0.05) is 36.3 Å². The Kier molecular flexibility index (Phi) is 4.81. The lowest BCUT2D eigenvalue weighted by Crippen LogP contribution is -2.22. The molecule has 120 valence electrons. The monoisotopic (exact) mass is 319 g/mol. The molecule has 0 aliphatic carbocycles. The van der Waals surface area contributed by atoms with Crippen LogP contribution in [0.5, 0.6) is 5.75 Å². The van der Waals surface area contributed by atoms with Gasteiger partial charge in [0.15, 0.2) is 0 Å². The average Bonchev–Trinajstić information content (AvgIpc) is 2.67. The highest BCUT2D eigenvalue weighted by atomic mass is 16.5. The van der Waals surface area contributed by atoms with E-state index in [1.165, 1.54) is 0 Å². The van der Waals surface area contributed by atoms with Crippen LogP contribution in [-0.4, -0.2) is 23.0 Å². The van der Waals surface area contributed by atoms with Crippen LogP contribution in [0.4, 0.5) is 0 Å². The molecule has 5 nitrogen and oxygen atoms in total. The highest BCUT2D eigenvalue weighted by molar-refractivity contribution is 5.94. The van der Waals surface area contributed by atoms with E-state index in [4.69, 9.17) is 4.74 Å². The Hall–Kier alpha value is -3.21. The molecule has 2 aromatic heterocycles. The number of hydrogen-bond acceptors (Lipinski definition) is 4. The smallest absolute Gasteiger partial charge is 0.251 e. The summed E-state index contributed by atoms with van der Waals surface area (Å²) in [5.74, 6) is 0.600. The predicted molar refractivity (Wildman–Crippen MR) is 91.6 cm³/mol. The third-order valence-corrected chi connectivity index (χ3v) is 3.61. The minimum absolute atomic E-state index is 0.125. The second kappa shape index (κ2) is 7.37. The Balaban J connectivity index is 1.67. The number of nitrogens with zero attached hydrogens (tertiary/aromatic N) is 2. The van der Waals surface area contributed by atoms with Gasteiger partial charge in [0.1, 0.15) is 5.75 Å². The van der Waals surface area contributed by atoms with Gasteiger partial charge in [0.2, 0.25) is 0 Å². The van der Waals surface area contributed by atoms with Gasteiger partial charge in [-0.25, -0.2) is 0 Å². The molecule has 1 N–H and O–H groups in total. The van der Waals surface area contributed by atoms with Gasteiger partial charge in [0.05, 0.1) is 12.8 Å². The fourth-order valence-electron chi connectivity index (χ4n) is 2.29. The van der Waals surface area contributed by atoms with Crippen LogP contribution in [0.2, 0.25) is 0 Å². The van der Waals surface area contributed by atoms with Crippen molar-refractivity contribution in [2.24, 2.45) is 0 Å². The van der Waals surface area contributed by atoms with Gasteiger partial charge < -0.3 is 10.1 Å². The minimum Gasteiger partial charge on any atom is -0.497 e. The van der Waals surface area contributed by atoms with Crippen LogP contribution in [0.25, 0.3) is 11.3 Å². The van der Waals surface area contributed by atoms with Gasteiger partial charge in [-0.1, -0.05) is 0 Å². The molecule has 0 saturated carbocycles.